The fourth-order valence-corrected chi connectivity index (χ4v) is 2.05. The Morgan fingerprint density at radius 3 is 2.90 bits per heavy atom. The Morgan fingerprint density at radius 1 is 1.38 bits per heavy atom. The van der Waals surface area contributed by atoms with Crippen molar-refractivity contribution >= 4 is 11.6 Å². The van der Waals surface area contributed by atoms with Crippen LogP contribution in [0.1, 0.15) is 11.9 Å². The number of aromatic nitrogens is 2. The van der Waals surface area contributed by atoms with Crippen molar-refractivity contribution in [2.75, 3.05) is 13.1 Å². The summed E-state index contributed by atoms with van der Waals surface area (Å²) in [5.74, 6) is 0.323. The Balaban J connectivity index is 1.89. The lowest BCUT2D eigenvalue weighted by Crippen LogP contribution is -2.47. The maximum Gasteiger partial charge on any atom is 0.280 e. The van der Waals surface area contributed by atoms with Crippen LogP contribution >= 0.6 is 0 Å². The quantitative estimate of drug-likeness (QED) is 0.619. The third-order valence-corrected chi connectivity index (χ3v) is 3.09. The highest BCUT2D eigenvalue weighted by atomic mass is 16.6. The molecule has 21 heavy (non-hydrogen) atoms. The zero-order valence-corrected chi connectivity index (χ0v) is 10.8. The number of hydrogen-bond acceptors (Lipinski definition) is 7. The van der Waals surface area contributed by atoms with Crippen molar-refractivity contribution in [2.24, 2.45) is 0 Å². The van der Waals surface area contributed by atoms with E-state index in [9.17, 15) is 14.9 Å². The van der Waals surface area contributed by atoms with Crippen molar-refractivity contribution in [3.8, 4) is 11.4 Å². The highest BCUT2D eigenvalue weighted by molar-refractivity contribution is 5.78. The van der Waals surface area contributed by atoms with Crippen LogP contribution in [0.5, 0.6) is 0 Å². The number of piperazine rings is 1. The van der Waals surface area contributed by atoms with E-state index < -0.39 is 4.92 Å². The Hall–Kier alpha value is -2.81. The van der Waals surface area contributed by atoms with Crippen LogP contribution in [0.3, 0.4) is 0 Å². The van der Waals surface area contributed by atoms with Gasteiger partial charge in [0.1, 0.15) is 11.6 Å². The predicted octanol–water partition coefficient (Wildman–Crippen LogP) is 0.405. The zero-order valence-electron chi connectivity index (χ0n) is 10.8. The van der Waals surface area contributed by atoms with Crippen LogP contribution < -0.4 is 10.6 Å². The fraction of sp³-hybridized carbons (Fsp3) is 0.250. The van der Waals surface area contributed by atoms with Gasteiger partial charge in [0, 0.05) is 12.6 Å². The van der Waals surface area contributed by atoms with Crippen LogP contribution in [0, 0.1) is 10.1 Å². The zero-order chi connectivity index (χ0) is 14.8. The second kappa shape index (κ2) is 5.29. The lowest BCUT2D eigenvalue weighted by atomic mass is 10.1. The molecule has 0 saturated carbocycles. The number of rotatable bonds is 3. The summed E-state index contributed by atoms with van der Waals surface area (Å²) in [7, 11) is 0. The normalized spacial score (nSPS) is 18.3. The molecule has 0 aliphatic carbocycles. The second-order valence-corrected chi connectivity index (χ2v) is 4.47. The summed E-state index contributed by atoms with van der Waals surface area (Å²) in [6.07, 6.45) is 0. The van der Waals surface area contributed by atoms with Crippen molar-refractivity contribution in [1.82, 2.24) is 20.8 Å². The molecule has 1 fully saturated rings. The third-order valence-electron chi connectivity index (χ3n) is 3.09. The van der Waals surface area contributed by atoms with Gasteiger partial charge < -0.3 is 9.84 Å². The van der Waals surface area contributed by atoms with Gasteiger partial charge in [-0.1, -0.05) is 17.3 Å². The molecule has 3 rings (SSSR count). The molecule has 2 heterocycles. The number of benzene rings is 1. The summed E-state index contributed by atoms with van der Waals surface area (Å²) in [5.41, 5.74) is 0.201. The first-order valence-electron chi connectivity index (χ1n) is 6.22. The maximum absolute atomic E-state index is 11.1. The van der Waals surface area contributed by atoms with Crippen LogP contribution in [-0.4, -0.2) is 34.1 Å². The van der Waals surface area contributed by atoms with Crippen LogP contribution in [0.15, 0.2) is 28.8 Å². The van der Waals surface area contributed by atoms with E-state index in [0.29, 0.717) is 6.54 Å². The highest BCUT2D eigenvalue weighted by Crippen LogP contribution is 2.28. The lowest BCUT2D eigenvalue weighted by molar-refractivity contribution is -0.384. The number of nitro benzene ring substituents is 1. The number of hydrogen-bond donors (Lipinski definition) is 2. The molecule has 1 aromatic heterocycles. The van der Waals surface area contributed by atoms with Crippen molar-refractivity contribution in [2.45, 2.75) is 6.04 Å². The Morgan fingerprint density at radius 2 is 2.19 bits per heavy atom. The molecule has 1 aromatic carbocycles. The maximum atomic E-state index is 11.1. The molecule has 0 spiro atoms. The Labute approximate surface area is 118 Å². The molecule has 108 valence electrons. The average Bonchev–Trinajstić information content (AvgIpc) is 2.97. The molecule has 1 aliphatic heterocycles. The van der Waals surface area contributed by atoms with Crippen LogP contribution in [0.4, 0.5) is 5.69 Å². The standard InChI is InChI=1S/C12H11N5O4/c18-10-6-13-8(5-14-10)12-15-11(16-21-12)7-3-1-2-4-9(7)17(19)20/h1-4,8,13H,5-6H2,(H,14,18). The summed E-state index contributed by atoms with van der Waals surface area (Å²) in [5, 5.41) is 20.4. The molecule has 1 atom stereocenters. The Bertz CT molecular complexity index is 688. The van der Waals surface area contributed by atoms with E-state index in [2.05, 4.69) is 20.8 Å². The van der Waals surface area contributed by atoms with Gasteiger partial charge in [0.2, 0.25) is 17.6 Å². The van der Waals surface area contributed by atoms with Crippen molar-refractivity contribution in [1.29, 1.82) is 0 Å². The minimum absolute atomic E-state index is 0.0882. The predicted molar refractivity (Wildman–Crippen MR) is 70.1 cm³/mol. The molecule has 1 saturated heterocycles. The number of carbonyl (C=O) groups excluding carboxylic acids is 1. The number of nitro groups is 1. The van der Waals surface area contributed by atoms with Gasteiger partial charge in [0.05, 0.1) is 11.5 Å². The van der Waals surface area contributed by atoms with E-state index in [1.165, 1.54) is 6.07 Å². The number of amides is 1. The highest BCUT2D eigenvalue weighted by Gasteiger charge is 2.26. The van der Waals surface area contributed by atoms with Gasteiger partial charge in [-0.15, -0.1) is 0 Å². The van der Waals surface area contributed by atoms with Crippen LogP contribution in [0.25, 0.3) is 11.4 Å². The molecule has 1 unspecified atom stereocenters. The fourth-order valence-electron chi connectivity index (χ4n) is 2.05. The monoisotopic (exact) mass is 289 g/mol. The summed E-state index contributed by atoms with van der Waals surface area (Å²) in [6.45, 7) is 0.491. The van der Waals surface area contributed by atoms with Crippen molar-refractivity contribution < 1.29 is 14.2 Å². The SMILES string of the molecule is O=C1CNC(c2nc(-c3ccccc3[N+](=O)[O-])no2)CN1. The summed E-state index contributed by atoms with van der Waals surface area (Å²) < 4.78 is 5.13. The number of para-hydroxylation sites is 1. The third kappa shape index (κ3) is 2.58. The van der Waals surface area contributed by atoms with E-state index in [1.54, 1.807) is 18.2 Å². The molecule has 2 aromatic rings. The summed E-state index contributed by atoms with van der Waals surface area (Å²) >= 11 is 0. The van der Waals surface area contributed by atoms with Gasteiger partial charge in [-0.2, -0.15) is 4.98 Å². The molecule has 9 heteroatoms. The van der Waals surface area contributed by atoms with Crippen LogP contribution in [0.2, 0.25) is 0 Å². The van der Waals surface area contributed by atoms with E-state index in [1.807, 2.05) is 0 Å². The van der Waals surface area contributed by atoms with E-state index in [0.717, 1.165) is 0 Å². The number of nitrogens with zero attached hydrogens (tertiary/aromatic N) is 3. The molecule has 0 bridgehead atoms. The van der Waals surface area contributed by atoms with Crippen molar-refractivity contribution in [3.05, 3.63) is 40.3 Å². The summed E-state index contributed by atoms with van der Waals surface area (Å²) in [4.78, 5) is 25.8. The lowest BCUT2D eigenvalue weighted by Gasteiger charge is -2.20. The minimum Gasteiger partial charge on any atom is -0.353 e. The minimum atomic E-state index is -0.496. The molecule has 0 radical (unpaired) electrons. The second-order valence-electron chi connectivity index (χ2n) is 4.47. The molecular weight excluding hydrogens is 278 g/mol. The van der Waals surface area contributed by atoms with Crippen molar-refractivity contribution in [3.63, 3.8) is 0 Å². The molecule has 9 nitrogen and oxygen atoms in total. The van der Waals surface area contributed by atoms with E-state index >= 15 is 0 Å². The van der Waals surface area contributed by atoms with E-state index in [4.69, 9.17) is 4.52 Å². The smallest absolute Gasteiger partial charge is 0.280 e. The largest absolute Gasteiger partial charge is 0.353 e. The van der Waals surface area contributed by atoms with Gasteiger partial charge in [0.25, 0.3) is 5.69 Å². The first-order chi connectivity index (χ1) is 10.1. The first kappa shape index (κ1) is 13.2. The summed E-state index contributed by atoms with van der Waals surface area (Å²) in [6, 6.07) is 5.87. The Kier molecular flexibility index (Phi) is 3.32. The van der Waals surface area contributed by atoms with Gasteiger partial charge in [0.15, 0.2) is 0 Å². The van der Waals surface area contributed by atoms with Gasteiger partial charge in [-0.25, -0.2) is 0 Å². The average molecular weight is 289 g/mol. The van der Waals surface area contributed by atoms with Crippen LogP contribution in [-0.2, 0) is 4.79 Å². The van der Waals surface area contributed by atoms with Gasteiger partial charge >= 0.3 is 0 Å². The van der Waals surface area contributed by atoms with Gasteiger partial charge in [-0.3, -0.25) is 20.2 Å². The first-order valence-corrected chi connectivity index (χ1v) is 6.22. The van der Waals surface area contributed by atoms with E-state index in [-0.39, 0.29) is 41.5 Å². The molecular formula is C12H11N5O4. The molecule has 2 N–H and O–H groups in total. The number of nitrogens with one attached hydrogen (secondary N) is 2. The van der Waals surface area contributed by atoms with Gasteiger partial charge in [-0.05, 0) is 6.07 Å². The number of carbonyl (C=O) groups is 1. The topological polar surface area (TPSA) is 123 Å². The molecule has 1 amide bonds. The molecule has 1 aliphatic rings.